The fourth-order valence-corrected chi connectivity index (χ4v) is 5.64. The summed E-state index contributed by atoms with van der Waals surface area (Å²) >= 11 is 0. The van der Waals surface area contributed by atoms with Crippen LogP contribution >= 0.6 is 7.75 Å². The molecule has 0 radical (unpaired) electrons. The van der Waals surface area contributed by atoms with E-state index in [9.17, 15) is 33.6 Å². The molecule has 1 fully saturated rings. The molecular weight excluding hydrogens is 540 g/mol. The molecule has 0 spiro atoms. The van der Waals surface area contributed by atoms with Crippen molar-refractivity contribution in [1.82, 2.24) is 14.6 Å². The van der Waals surface area contributed by atoms with Crippen LogP contribution in [-0.4, -0.2) is 56.6 Å². The SMILES string of the molecule is CC(=O)CCC(=O)C1C(COP(=O)(N[C@@H](C)C(=O)O)Oc2ccccc2)O[C@@H](n2ccc(=O)[nH]c2=O)[C@]1(C)F. The maximum absolute atomic E-state index is 16.3. The maximum Gasteiger partial charge on any atom is 0.459 e. The van der Waals surface area contributed by atoms with Crippen molar-refractivity contribution >= 4 is 25.3 Å². The lowest BCUT2D eigenvalue weighted by atomic mass is 9.82. The van der Waals surface area contributed by atoms with Gasteiger partial charge in [0.15, 0.2) is 11.9 Å². The van der Waals surface area contributed by atoms with Crippen LogP contribution in [0.1, 0.15) is 39.8 Å². The monoisotopic (exact) mass is 569 g/mol. The van der Waals surface area contributed by atoms with Gasteiger partial charge in [0, 0.05) is 25.1 Å². The Morgan fingerprint density at radius 1 is 1.23 bits per heavy atom. The number of para-hydroxylation sites is 1. The number of rotatable bonds is 13. The third-order valence-electron chi connectivity index (χ3n) is 6.04. The number of hydrogen-bond donors (Lipinski definition) is 3. The molecule has 0 aliphatic carbocycles. The largest absolute Gasteiger partial charge is 0.480 e. The number of carboxylic acid groups (broad SMARTS) is 1. The molecule has 212 valence electrons. The Hall–Kier alpha value is -3.45. The highest BCUT2D eigenvalue weighted by Gasteiger charge is 2.58. The molecule has 3 unspecified atom stereocenters. The molecule has 1 aromatic heterocycles. The number of halogens is 1. The van der Waals surface area contributed by atoms with E-state index in [0.717, 1.165) is 23.8 Å². The Kier molecular flexibility index (Phi) is 9.38. The summed E-state index contributed by atoms with van der Waals surface area (Å²) in [6.45, 7) is 2.76. The number of carboxylic acids is 1. The van der Waals surface area contributed by atoms with Gasteiger partial charge >= 0.3 is 19.4 Å². The molecule has 3 N–H and O–H groups in total. The van der Waals surface area contributed by atoms with E-state index in [1.807, 2.05) is 4.98 Å². The van der Waals surface area contributed by atoms with Crippen molar-refractivity contribution in [2.75, 3.05) is 6.61 Å². The van der Waals surface area contributed by atoms with E-state index < -0.39 is 67.3 Å². The molecule has 6 atom stereocenters. The van der Waals surface area contributed by atoms with Gasteiger partial charge in [0.25, 0.3) is 5.56 Å². The number of ether oxygens (including phenoxy) is 1. The van der Waals surface area contributed by atoms with E-state index in [-0.39, 0.29) is 24.4 Å². The molecule has 1 aliphatic heterocycles. The number of hydrogen-bond acceptors (Lipinski definition) is 9. The van der Waals surface area contributed by atoms with Crippen LogP contribution in [0.2, 0.25) is 0 Å². The summed E-state index contributed by atoms with van der Waals surface area (Å²) in [4.78, 5) is 61.8. The van der Waals surface area contributed by atoms with Gasteiger partial charge in [-0.05, 0) is 32.9 Å². The smallest absolute Gasteiger partial charge is 0.459 e. The van der Waals surface area contributed by atoms with Gasteiger partial charge in [0.2, 0.25) is 0 Å². The van der Waals surface area contributed by atoms with Crippen molar-refractivity contribution in [2.45, 2.75) is 57.7 Å². The first kappa shape index (κ1) is 30.1. The Bertz CT molecular complexity index is 1380. The molecule has 2 heterocycles. The van der Waals surface area contributed by atoms with Gasteiger partial charge in [-0.2, -0.15) is 5.09 Å². The second-order valence-corrected chi connectivity index (χ2v) is 10.9. The van der Waals surface area contributed by atoms with Gasteiger partial charge < -0.3 is 19.2 Å². The summed E-state index contributed by atoms with van der Waals surface area (Å²) in [5, 5.41) is 11.6. The Morgan fingerprint density at radius 2 is 1.90 bits per heavy atom. The first-order valence-corrected chi connectivity index (χ1v) is 13.5. The Labute approximate surface area is 221 Å². The molecule has 0 amide bonds. The van der Waals surface area contributed by atoms with Crippen molar-refractivity contribution in [1.29, 1.82) is 0 Å². The molecule has 0 bridgehead atoms. The third kappa shape index (κ3) is 7.35. The number of aliphatic carboxylic acids is 1. The zero-order valence-electron chi connectivity index (χ0n) is 21.4. The average molecular weight is 569 g/mol. The molecule has 1 aliphatic rings. The minimum atomic E-state index is -4.46. The fourth-order valence-electron chi connectivity index (χ4n) is 4.13. The number of aromatic nitrogens is 2. The number of carbonyl (C=O) groups is 3. The molecule has 1 aromatic carbocycles. The minimum Gasteiger partial charge on any atom is -0.480 e. The van der Waals surface area contributed by atoms with Gasteiger partial charge in [-0.1, -0.05) is 18.2 Å². The topological polar surface area (TPSA) is 183 Å². The summed E-state index contributed by atoms with van der Waals surface area (Å²) in [5.74, 6) is -3.91. The second kappa shape index (κ2) is 12.2. The van der Waals surface area contributed by atoms with Crippen LogP contribution in [0.15, 0.2) is 52.2 Å². The van der Waals surface area contributed by atoms with Crippen LogP contribution in [-0.2, 0) is 28.2 Å². The number of H-pyrrole nitrogens is 1. The van der Waals surface area contributed by atoms with E-state index in [2.05, 4.69) is 5.09 Å². The van der Waals surface area contributed by atoms with E-state index in [1.165, 1.54) is 26.0 Å². The van der Waals surface area contributed by atoms with Gasteiger partial charge in [0.05, 0.1) is 18.6 Å². The molecule has 1 saturated heterocycles. The molecule has 39 heavy (non-hydrogen) atoms. The molecule has 0 saturated carbocycles. The Morgan fingerprint density at radius 3 is 2.49 bits per heavy atom. The normalized spacial score (nSPS) is 25.0. The molecule has 3 rings (SSSR count). The van der Waals surface area contributed by atoms with Gasteiger partial charge in [-0.15, -0.1) is 0 Å². The van der Waals surface area contributed by atoms with Crippen molar-refractivity contribution in [2.24, 2.45) is 5.92 Å². The van der Waals surface area contributed by atoms with Crippen molar-refractivity contribution in [3.8, 4) is 5.75 Å². The van der Waals surface area contributed by atoms with Crippen molar-refractivity contribution in [3.63, 3.8) is 0 Å². The van der Waals surface area contributed by atoms with E-state index in [1.54, 1.807) is 18.2 Å². The lowest BCUT2D eigenvalue weighted by Crippen LogP contribution is -2.44. The molecular formula is C24H29FN3O10P. The van der Waals surface area contributed by atoms with Crippen molar-refractivity contribution in [3.05, 3.63) is 63.4 Å². The highest BCUT2D eigenvalue weighted by molar-refractivity contribution is 7.52. The number of aromatic amines is 1. The van der Waals surface area contributed by atoms with Gasteiger partial charge in [-0.25, -0.2) is 13.8 Å². The quantitative estimate of drug-likeness (QED) is 0.300. The van der Waals surface area contributed by atoms with E-state index >= 15 is 4.39 Å². The standard InChI is InChI=1S/C24H29FN3O10P/c1-14(29)9-10-17(30)20-18(37-22(24(20,3)25)28-12-11-19(31)26-23(28)34)13-36-39(35,27-15(2)21(32)33)38-16-7-5-4-6-8-16/h4-8,11-12,15,18,20,22H,9-10,13H2,1-3H3,(H,27,35)(H,32,33)(H,26,31,34)/t15-,18?,20?,22+,24+,39?/m0/s1. The molecule has 2 aromatic rings. The summed E-state index contributed by atoms with van der Waals surface area (Å²) in [5.41, 5.74) is -4.28. The number of nitrogens with zero attached hydrogens (tertiary/aromatic N) is 1. The number of ketones is 2. The first-order chi connectivity index (χ1) is 18.2. The molecule has 15 heteroatoms. The highest BCUT2D eigenvalue weighted by atomic mass is 31.2. The molecule has 13 nitrogen and oxygen atoms in total. The average Bonchev–Trinajstić information content (AvgIpc) is 3.11. The maximum atomic E-state index is 16.3. The predicted octanol–water partition coefficient (Wildman–Crippen LogP) is 1.98. The summed E-state index contributed by atoms with van der Waals surface area (Å²) < 4.78 is 47.2. The minimum absolute atomic E-state index is 0.0698. The third-order valence-corrected chi connectivity index (χ3v) is 7.68. The van der Waals surface area contributed by atoms with Crippen LogP contribution < -0.4 is 20.9 Å². The zero-order valence-corrected chi connectivity index (χ0v) is 22.3. The predicted molar refractivity (Wildman–Crippen MR) is 134 cm³/mol. The number of nitrogens with one attached hydrogen (secondary N) is 2. The van der Waals surface area contributed by atoms with E-state index in [4.69, 9.17) is 13.8 Å². The number of alkyl halides is 1. The van der Waals surface area contributed by atoms with Gasteiger partial charge in [-0.3, -0.25) is 28.5 Å². The van der Waals surface area contributed by atoms with E-state index in [0.29, 0.717) is 0 Å². The van der Waals surface area contributed by atoms with Crippen LogP contribution in [0, 0.1) is 5.92 Å². The Balaban J connectivity index is 1.94. The fraction of sp³-hybridized carbons (Fsp3) is 0.458. The van der Waals surface area contributed by atoms with Crippen LogP contribution in [0.5, 0.6) is 5.75 Å². The van der Waals surface area contributed by atoms with Crippen LogP contribution in [0.25, 0.3) is 0 Å². The van der Waals surface area contributed by atoms with Crippen molar-refractivity contribution < 1.29 is 42.2 Å². The first-order valence-electron chi connectivity index (χ1n) is 11.9. The number of benzene rings is 1. The number of Topliss-reactive ketones (excluding diaryl/α,β-unsaturated/α-hetero) is 2. The summed E-state index contributed by atoms with van der Waals surface area (Å²) in [7, 11) is -4.46. The number of carbonyl (C=O) groups excluding carboxylic acids is 2. The summed E-state index contributed by atoms with van der Waals surface area (Å²) in [6.07, 6.45) is -2.65. The summed E-state index contributed by atoms with van der Waals surface area (Å²) in [6, 6.07) is 7.28. The van der Waals surface area contributed by atoms with Crippen LogP contribution in [0.4, 0.5) is 4.39 Å². The van der Waals surface area contributed by atoms with Gasteiger partial charge in [0.1, 0.15) is 23.4 Å². The second-order valence-electron chi connectivity index (χ2n) is 9.23. The lowest BCUT2D eigenvalue weighted by Gasteiger charge is -2.27. The lowest BCUT2D eigenvalue weighted by molar-refractivity contribution is -0.138. The van der Waals surface area contributed by atoms with Crippen LogP contribution in [0.3, 0.4) is 0 Å². The highest BCUT2D eigenvalue weighted by Crippen LogP contribution is 2.49. The zero-order chi connectivity index (χ0) is 29.0.